The Morgan fingerprint density at radius 2 is 1.92 bits per heavy atom. The molecule has 0 unspecified atom stereocenters. The first kappa shape index (κ1) is 35.5. The predicted octanol–water partition coefficient (Wildman–Crippen LogP) is 5.42. The van der Waals surface area contributed by atoms with Gasteiger partial charge >= 0.3 is 0 Å². The number of hydrogen-bond acceptors (Lipinski definition) is 8. The predicted molar refractivity (Wildman–Crippen MR) is 190 cm³/mol. The Morgan fingerprint density at radius 1 is 1.10 bits per heavy atom. The second-order valence-corrected chi connectivity index (χ2v) is 17.7. The van der Waals surface area contributed by atoms with Crippen LogP contribution in [0.2, 0.25) is 5.02 Å². The van der Waals surface area contributed by atoms with E-state index in [-0.39, 0.29) is 35.3 Å². The lowest BCUT2D eigenvalue weighted by Gasteiger charge is -2.50. The van der Waals surface area contributed by atoms with Crippen molar-refractivity contribution in [2.75, 3.05) is 58.5 Å². The minimum absolute atomic E-state index is 0.0359. The van der Waals surface area contributed by atoms with E-state index in [9.17, 15) is 18.3 Å². The summed E-state index contributed by atoms with van der Waals surface area (Å²) in [7, 11) is 0.0644. The fraction of sp³-hybridized carbons (Fsp3) is 0.649. The maximum atomic E-state index is 13.5. The van der Waals surface area contributed by atoms with Gasteiger partial charge in [-0.25, -0.2) is 13.1 Å². The zero-order chi connectivity index (χ0) is 34.3. The number of halogens is 1. The highest BCUT2D eigenvalue weighted by molar-refractivity contribution is 7.90. The number of anilines is 1. The first-order chi connectivity index (χ1) is 22.8. The molecule has 2 aromatic rings. The zero-order valence-electron chi connectivity index (χ0n) is 28.8. The molecule has 2 heterocycles. The average molecular weight is 702 g/mol. The molecule has 2 bridgehead atoms. The van der Waals surface area contributed by atoms with Crippen LogP contribution in [0, 0.1) is 17.8 Å². The van der Waals surface area contributed by atoms with Gasteiger partial charge in [-0.2, -0.15) is 0 Å². The van der Waals surface area contributed by atoms with Crippen LogP contribution in [0.4, 0.5) is 5.69 Å². The van der Waals surface area contributed by atoms with Crippen molar-refractivity contribution in [2.24, 2.45) is 17.8 Å². The third-order valence-electron chi connectivity index (χ3n) is 11.7. The Morgan fingerprint density at radius 3 is 2.67 bits per heavy atom. The van der Waals surface area contributed by atoms with E-state index in [4.69, 9.17) is 21.1 Å². The number of aryl methyl sites for hydroxylation is 1. The van der Waals surface area contributed by atoms with Gasteiger partial charge < -0.3 is 24.4 Å². The number of carbonyl (C=O) groups excluding carboxylic acids is 1. The van der Waals surface area contributed by atoms with Crippen LogP contribution in [0.5, 0.6) is 5.75 Å². The van der Waals surface area contributed by atoms with Crippen LogP contribution in [-0.4, -0.2) is 88.7 Å². The Kier molecular flexibility index (Phi) is 10.4. The second-order valence-electron chi connectivity index (χ2n) is 15.2. The highest BCUT2D eigenvalue weighted by Gasteiger charge is 2.49. The zero-order valence-corrected chi connectivity index (χ0v) is 30.4. The van der Waals surface area contributed by atoms with Gasteiger partial charge in [0, 0.05) is 35.6 Å². The molecule has 11 heteroatoms. The minimum atomic E-state index is -3.95. The molecule has 48 heavy (non-hydrogen) atoms. The summed E-state index contributed by atoms with van der Waals surface area (Å²) in [5.41, 5.74) is 2.24. The average Bonchev–Trinajstić information content (AvgIpc) is 3.17. The Hall–Kier alpha value is -2.37. The van der Waals surface area contributed by atoms with Gasteiger partial charge in [0.1, 0.15) is 5.75 Å². The number of amides is 1. The molecule has 2 aromatic carbocycles. The third kappa shape index (κ3) is 7.24. The lowest BCUT2D eigenvalue weighted by molar-refractivity contribution is -0.133. The number of aliphatic hydroxyl groups is 1. The summed E-state index contributed by atoms with van der Waals surface area (Å²) in [4.78, 5) is 17.9. The molecule has 264 valence electrons. The molecule has 2 aliphatic carbocycles. The summed E-state index contributed by atoms with van der Waals surface area (Å²) in [5, 5.41) is 12.3. The largest absolute Gasteiger partial charge is 0.490 e. The Labute approximate surface area is 291 Å². The summed E-state index contributed by atoms with van der Waals surface area (Å²) in [6, 6.07) is 11.4. The fourth-order valence-electron chi connectivity index (χ4n) is 8.45. The summed E-state index contributed by atoms with van der Waals surface area (Å²) in [6.07, 6.45) is 6.63. The molecule has 0 saturated heterocycles. The fourth-order valence-corrected chi connectivity index (χ4v) is 9.95. The molecule has 9 nitrogen and oxygen atoms in total. The van der Waals surface area contributed by atoms with Crippen molar-refractivity contribution in [3.05, 3.63) is 58.1 Å². The van der Waals surface area contributed by atoms with Crippen molar-refractivity contribution in [1.29, 1.82) is 0 Å². The van der Waals surface area contributed by atoms with Crippen molar-refractivity contribution >= 4 is 33.2 Å². The van der Waals surface area contributed by atoms with Crippen LogP contribution in [0.15, 0.2) is 36.4 Å². The van der Waals surface area contributed by atoms with Gasteiger partial charge in [0.05, 0.1) is 36.4 Å². The van der Waals surface area contributed by atoms with Crippen LogP contribution in [0.3, 0.4) is 0 Å². The number of nitrogens with zero attached hydrogens (tertiary/aromatic N) is 2. The number of benzene rings is 2. The lowest BCUT2D eigenvalue weighted by atomic mass is 9.63. The number of carbonyl (C=O) groups is 1. The molecule has 6 rings (SSSR count). The van der Waals surface area contributed by atoms with Gasteiger partial charge in [-0.3, -0.25) is 4.79 Å². The Bertz CT molecular complexity index is 1600. The second kappa shape index (κ2) is 14.1. The van der Waals surface area contributed by atoms with Gasteiger partial charge in [0.25, 0.3) is 5.91 Å². The Balaban J connectivity index is 1.39. The van der Waals surface area contributed by atoms with Gasteiger partial charge in [-0.15, -0.1) is 0 Å². The standard InChI is InChI=1S/C37H52ClN3O6S/c1-25-7-5-16-37(43,24-46-18-17-40(3)4)32-12-9-29(32)21-41-22-36(15-6-8-27-19-30(38)11-13-31(27)36)23-47-34-14-10-28(20-33(34)41)35(42)39-48(44,45)26(25)2/h10-11,13-14,19-20,25-26,29,32,43H,5-9,12,15-18,21-24H2,1-4H3,(H,39,42)/t25-,26+,29-,32+,36-,37+/m0/s1. The van der Waals surface area contributed by atoms with Gasteiger partial charge in [0.15, 0.2) is 0 Å². The van der Waals surface area contributed by atoms with E-state index in [1.807, 2.05) is 27.1 Å². The van der Waals surface area contributed by atoms with E-state index in [0.717, 1.165) is 49.4 Å². The molecule has 6 atom stereocenters. The van der Waals surface area contributed by atoms with E-state index in [1.54, 1.807) is 25.1 Å². The van der Waals surface area contributed by atoms with E-state index >= 15 is 0 Å². The van der Waals surface area contributed by atoms with Gasteiger partial charge in [-0.05, 0) is 125 Å². The SMILES string of the molecule is C[C@@H]1[C@@H](C)CCC[C@@](O)(COCCN(C)C)[C@@H]2CC[C@H]2CN2C[C@@]3(CCCc4cc(Cl)ccc43)COc3ccc(cc32)C(=O)NS1(=O)=O. The molecular formula is C37H52ClN3O6S. The van der Waals surface area contributed by atoms with Crippen LogP contribution in [0.1, 0.15) is 80.3 Å². The molecule has 1 amide bonds. The third-order valence-corrected chi connectivity index (χ3v) is 13.8. The molecule has 1 spiro atoms. The lowest BCUT2D eigenvalue weighted by Crippen LogP contribution is -2.55. The maximum Gasteiger partial charge on any atom is 0.264 e. The topological polar surface area (TPSA) is 108 Å². The molecule has 4 aliphatic rings. The first-order valence-corrected chi connectivity index (χ1v) is 19.5. The number of nitrogens with one attached hydrogen (secondary N) is 1. The van der Waals surface area contributed by atoms with E-state index in [2.05, 4.69) is 26.7 Å². The van der Waals surface area contributed by atoms with Crippen LogP contribution >= 0.6 is 11.6 Å². The van der Waals surface area contributed by atoms with Gasteiger partial charge in [0.2, 0.25) is 10.0 Å². The van der Waals surface area contributed by atoms with Crippen LogP contribution < -0.4 is 14.4 Å². The van der Waals surface area contributed by atoms with Crippen molar-refractivity contribution < 1.29 is 27.8 Å². The molecule has 1 saturated carbocycles. The summed E-state index contributed by atoms with van der Waals surface area (Å²) >= 11 is 6.44. The highest BCUT2D eigenvalue weighted by atomic mass is 35.5. The molecule has 0 aromatic heterocycles. The highest BCUT2D eigenvalue weighted by Crippen LogP contribution is 2.49. The quantitative estimate of drug-likeness (QED) is 0.399. The number of fused-ring (bicyclic) bond motifs is 4. The van der Waals surface area contributed by atoms with E-state index in [0.29, 0.717) is 51.3 Å². The molecule has 0 radical (unpaired) electrons. The first-order valence-electron chi connectivity index (χ1n) is 17.6. The monoisotopic (exact) mass is 701 g/mol. The van der Waals surface area contributed by atoms with Crippen molar-refractivity contribution in [2.45, 2.75) is 81.5 Å². The number of likely N-dealkylation sites (N-methyl/N-ethyl adjacent to an activating group) is 1. The maximum absolute atomic E-state index is 13.5. The number of rotatable bonds is 5. The number of hydrogen-bond donors (Lipinski definition) is 2. The van der Waals surface area contributed by atoms with Crippen LogP contribution in [-0.2, 0) is 26.6 Å². The number of sulfonamides is 1. The molecule has 2 N–H and O–H groups in total. The molecule has 2 aliphatic heterocycles. The van der Waals surface area contributed by atoms with E-state index < -0.39 is 26.8 Å². The normalized spacial score (nSPS) is 32.0. The summed E-state index contributed by atoms with van der Waals surface area (Å²) in [5.74, 6) is 0.0826. The van der Waals surface area contributed by atoms with Crippen molar-refractivity contribution in [3.63, 3.8) is 0 Å². The molecule has 1 fully saturated rings. The minimum Gasteiger partial charge on any atom is -0.490 e. The molecular weight excluding hydrogens is 650 g/mol. The smallest absolute Gasteiger partial charge is 0.264 e. The summed E-state index contributed by atoms with van der Waals surface area (Å²) < 4.78 is 41.9. The van der Waals surface area contributed by atoms with Crippen molar-refractivity contribution in [1.82, 2.24) is 9.62 Å². The van der Waals surface area contributed by atoms with Crippen LogP contribution in [0.25, 0.3) is 0 Å². The number of ether oxygens (including phenoxy) is 2. The summed E-state index contributed by atoms with van der Waals surface area (Å²) in [6.45, 7) is 6.95. The van der Waals surface area contributed by atoms with Gasteiger partial charge in [-0.1, -0.05) is 31.0 Å². The van der Waals surface area contributed by atoms with Crippen molar-refractivity contribution in [3.8, 4) is 5.75 Å². The van der Waals surface area contributed by atoms with E-state index in [1.165, 1.54) is 11.1 Å².